The number of aromatic nitrogens is 4. The molecule has 8 heteroatoms. The first-order chi connectivity index (χ1) is 14.7. The van der Waals surface area contributed by atoms with Crippen LogP contribution in [0.25, 0.3) is 16.8 Å². The molecule has 1 atom stereocenters. The number of nitrogens with zero attached hydrogens (tertiary/aromatic N) is 4. The molecule has 0 N–H and O–H groups in total. The fourth-order valence-corrected chi connectivity index (χ4v) is 4.86. The lowest BCUT2D eigenvalue weighted by molar-refractivity contribution is 0.0956. The Kier molecular flexibility index (Phi) is 4.80. The lowest BCUT2D eigenvalue weighted by Gasteiger charge is -2.21. The molecule has 1 aromatic carbocycles. The minimum Gasteiger partial charge on any atom is -0.497 e. The number of rotatable bonds is 5. The molecule has 1 aliphatic rings. The van der Waals surface area contributed by atoms with Crippen molar-refractivity contribution in [3.05, 3.63) is 63.7 Å². The van der Waals surface area contributed by atoms with Crippen molar-refractivity contribution in [2.75, 3.05) is 14.2 Å². The molecule has 7 nitrogen and oxygen atoms in total. The Bertz CT molecular complexity index is 1220. The van der Waals surface area contributed by atoms with Crippen LogP contribution < -0.4 is 4.74 Å². The maximum atomic E-state index is 12.8. The van der Waals surface area contributed by atoms with Gasteiger partial charge < -0.3 is 9.47 Å². The summed E-state index contributed by atoms with van der Waals surface area (Å²) in [5, 5.41) is 15.6. The summed E-state index contributed by atoms with van der Waals surface area (Å²) in [7, 11) is 3.28. The summed E-state index contributed by atoms with van der Waals surface area (Å²) < 4.78 is 12.5. The molecular weight excluding hydrogens is 400 g/mol. The number of Topliss-reactive ketones (excluding diaryl/α,β-unsaturated/α-hetero) is 1. The molecule has 0 fully saturated rings. The van der Waals surface area contributed by atoms with E-state index in [1.807, 2.05) is 35.7 Å². The summed E-state index contributed by atoms with van der Waals surface area (Å²) in [4.78, 5) is 14.0. The number of fused-ring (bicyclic) bond motifs is 3. The number of hydrogen-bond donors (Lipinski definition) is 0. The Balaban J connectivity index is 1.68. The monoisotopic (exact) mass is 420 g/mol. The molecule has 0 saturated carbocycles. The number of methoxy groups -OCH3 is 2. The normalized spacial score (nSPS) is 16.1. The Labute approximate surface area is 177 Å². The Morgan fingerprint density at radius 2 is 1.97 bits per heavy atom. The van der Waals surface area contributed by atoms with Gasteiger partial charge in [-0.3, -0.25) is 4.79 Å². The van der Waals surface area contributed by atoms with Crippen LogP contribution in [0.5, 0.6) is 5.75 Å². The largest absolute Gasteiger partial charge is 0.497 e. The minimum atomic E-state index is 0.0128. The molecule has 4 aromatic rings. The van der Waals surface area contributed by atoms with Gasteiger partial charge in [0.2, 0.25) is 0 Å². The number of ketones is 1. The highest BCUT2D eigenvalue weighted by molar-refractivity contribution is 7.10. The predicted molar refractivity (Wildman–Crippen MR) is 113 cm³/mol. The van der Waals surface area contributed by atoms with Crippen LogP contribution in [0, 0.1) is 0 Å². The standard InChI is InChI=1S/C22H20N4O3S/c1-28-12-16-20(13-5-7-15(29-2)8-6-13)22-24-23-21-17(26(22)25-16)10-14(11-18(21)27)19-4-3-9-30-19/h3-9,14H,10-12H2,1-2H3. The zero-order chi connectivity index (χ0) is 20.7. The number of carbonyl (C=O) groups excluding carboxylic acids is 1. The molecular formula is C22H20N4O3S. The fourth-order valence-electron chi connectivity index (χ4n) is 4.03. The van der Waals surface area contributed by atoms with Crippen LogP contribution in [0.15, 0.2) is 41.8 Å². The average Bonchev–Trinajstić information content (AvgIpc) is 3.42. The summed E-state index contributed by atoms with van der Waals surface area (Å²) >= 11 is 1.68. The number of hydrogen-bond acceptors (Lipinski definition) is 7. The number of benzene rings is 1. The maximum absolute atomic E-state index is 12.8. The van der Waals surface area contributed by atoms with Gasteiger partial charge in [0.1, 0.15) is 5.75 Å². The molecule has 5 rings (SSSR count). The second-order valence-corrected chi connectivity index (χ2v) is 8.24. The van der Waals surface area contributed by atoms with Crippen LogP contribution in [0.2, 0.25) is 0 Å². The summed E-state index contributed by atoms with van der Waals surface area (Å²) in [6.45, 7) is 0.335. The second-order valence-electron chi connectivity index (χ2n) is 7.26. The zero-order valence-electron chi connectivity index (χ0n) is 16.7. The van der Waals surface area contributed by atoms with E-state index in [9.17, 15) is 4.79 Å². The quantitative estimate of drug-likeness (QED) is 0.487. The molecule has 0 saturated heterocycles. The van der Waals surface area contributed by atoms with E-state index in [0.717, 1.165) is 28.3 Å². The lowest BCUT2D eigenvalue weighted by Crippen LogP contribution is -2.23. The SMILES string of the molecule is COCc1nn2c3c(nnc2c1-c1ccc(OC)cc1)C(=O)CC(c1cccs1)C3. The van der Waals surface area contributed by atoms with Gasteiger partial charge in [0.15, 0.2) is 17.1 Å². The topological polar surface area (TPSA) is 78.6 Å². The van der Waals surface area contributed by atoms with E-state index in [2.05, 4.69) is 16.3 Å². The van der Waals surface area contributed by atoms with E-state index in [1.54, 1.807) is 30.1 Å². The molecule has 0 radical (unpaired) electrons. The minimum absolute atomic E-state index is 0.0128. The molecule has 152 valence electrons. The van der Waals surface area contributed by atoms with Crippen LogP contribution in [0.4, 0.5) is 0 Å². The Morgan fingerprint density at radius 1 is 1.13 bits per heavy atom. The van der Waals surface area contributed by atoms with E-state index < -0.39 is 0 Å². The first-order valence-corrected chi connectivity index (χ1v) is 10.5. The number of thiophene rings is 1. The van der Waals surface area contributed by atoms with Crippen molar-refractivity contribution >= 4 is 22.8 Å². The highest BCUT2D eigenvalue weighted by atomic mass is 32.1. The van der Waals surface area contributed by atoms with Gasteiger partial charge in [-0.1, -0.05) is 18.2 Å². The zero-order valence-corrected chi connectivity index (χ0v) is 17.5. The predicted octanol–water partition coefficient (Wildman–Crippen LogP) is 3.92. The third-order valence-electron chi connectivity index (χ3n) is 5.45. The van der Waals surface area contributed by atoms with Gasteiger partial charge in [-0.15, -0.1) is 21.5 Å². The molecule has 0 aliphatic heterocycles. The van der Waals surface area contributed by atoms with Gasteiger partial charge >= 0.3 is 0 Å². The van der Waals surface area contributed by atoms with Crippen molar-refractivity contribution < 1.29 is 14.3 Å². The van der Waals surface area contributed by atoms with Crippen LogP contribution in [0.1, 0.15) is 39.1 Å². The fraction of sp³-hybridized carbons (Fsp3) is 0.273. The van der Waals surface area contributed by atoms with Gasteiger partial charge in [0.05, 0.1) is 30.7 Å². The summed E-state index contributed by atoms with van der Waals surface area (Å²) in [6, 6.07) is 11.8. The molecule has 3 aromatic heterocycles. The smallest absolute Gasteiger partial charge is 0.185 e. The highest BCUT2D eigenvalue weighted by Crippen LogP contribution is 2.36. The highest BCUT2D eigenvalue weighted by Gasteiger charge is 2.32. The van der Waals surface area contributed by atoms with Crippen LogP contribution in [-0.2, 0) is 17.8 Å². The van der Waals surface area contributed by atoms with Gasteiger partial charge in [0.25, 0.3) is 0 Å². The molecule has 0 amide bonds. The van der Waals surface area contributed by atoms with E-state index >= 15 is 0 Å². The van der Waals surface area contributed by atoms with Crippen molar-refractivity contribution in [1.82, 2.24) is 19.8 Å². The third kappa shape index (κ3) is 3.09. The van der Waals surface area contributed by atoms with Gasteiger partial charge in [0, 0.05) is 30.7 Å². The number of carbonyl (C=O) groups is 1. The molecule has 30 heavy (non-hydrogen) atoms. The Morgan fingerprint density at radius 3 is 2.67 bits per heavy atom. The van der Waals surface area contributed by atoms with Crippen molar-refractivity contribution in [2.24, 2.45) is 0 Å². The van der Waals surface area contributed by atoms with Crippen molar-refractivity contribution in [2.45, 2.75) is 25.4 Å². The first kappa shape index (κ1) is 18.9. The third-order valence-corrected chi connectivity index (χ3v) is 6.48. The van der Waals surface area contributed by atoms with E-state index in [1.165, 1.54) is 4.88 Å². The Hall–Kier alpha value is -3.10. The van der Waals surface area contributed by atoms with Crippen molar-refractivity contribution in [1.29, 1.82) is 0 Å². The van der Waals surface area contributed by atoms with E-state index in [-0.39, 0.29) is 11.7 Å². The average molecular weight is 420 g/mol. The molecule has 0 spiro atoms. The summed E-state index contributed by atoms with van der Waals surface area (Å²) in [6.07, 6.45) is 1.15. The molecule has 1 aliphatic carbocycles. The van der Waals surface area contributed by atoms with Gasteiger partial charge in [-0.25, -0.2) is 4.52 Å². The van der Waals surface area contributed by atoms with E-state index in [4.69, 9.17) is 14.6 Å². The maximum Gasteiger partial charge on any atom is 0.185 e. The molecule has 1 unspecified atom stereocenters. The molecule has 0 bridgehead atoms. The number of ether oxygens (including phenoxy) is 2. The van der Waals surface area contributed by atoms with Gasteiger partial charge in [-0.05, 0) is 29.1 Å². The van der Waals surface area contributed by atoms with Crippen LogP contribution in [-0.4, -0.2) is 39.8 Å². The summed E-state index contributed by atoms with van der Waals surface area (Å²) in [5.41, 5.74) is 4.43. The van der Waals surface area contributed by atoms with E-state index in [0.29, 0.717) is 30.8 Å². The second kappa shape index (κ2) is 7.62. The summed E-state index contributed by atoms with van der Waals surface area (Å²) in [5.74, 6) is 0.923. The first-order valence-electron chi connectivity index (χ1n) is 9.66. The van der Waals surface area contributed by atoms with Gasteiger partial charge in [-0.2, -0.15) is 5.10 Å². The van der Waals surface area contributed by atoms with Crippen molar-refractivity contribution in [3.8, 4) is 16.9 Å². The van der Waals surface area contributed by atoms with Crippen LogP contribution in [0.3, 0.4) is 0 Å². The lowest BCUT2D eigenvalue weighted by atomic mass is 9.87. The molecule has 3 heterocycles. The van der Waals surface area contributed by atoms with Crippen molar-refractivity contribution in [3.63, 3.8) is 0 Å². The van der Waals surface area contributed by atoms with Crippen LogP contribution >= 0.6 is 11.3 Å².